The van der Waals surface area contributed by atoms with Gasteiger partial charge in [-0.3, -0.25) is 14.4 Å². The number of sulfonamides is 1. The molecule has 3 rings (SSSR count). The van der Waals surface area contributed by atoms with Gasteiger partial charge in [-0.1, -0.05) is 31.4 Å². The first-order valence-corrected chi connectivity index (χ1v) is 11.6. The third kappa shape index (κ3) is 4.85. The van der Waals surface area contributed by atoms with Crippen molar-refractivity contribution in [2.75, 3.05) is 7.05 Å². The molecule has 7 heteroatoms. The van der Waals surface area contributed by atoms with Gasteiger partial charge >= 0.3 is 0 Å². The second-order valence-electron chi connectivity index (χ2n) is 7.80. The number of nitrogens with zero attached hydrogens (tertiary/aromatic N) is 3. The zero-order valence-corrected chi connectivity index (χ0v) is 18.1. The first kappa shape index (κ1) is 21.5. The number of carbonyl (C=O) groups excluding carboxylic acids is 1. The quantitative estimate of drug-likeness (QED) is 0.751. The van der Waals surface area contributed by atoms with E-state index in [1.165, 1.54) is 14.9 Å². The third-order valence-electron chi connectivity index (χ3n) is 5.29. The Morgan fingerprint density at radius 1 is 1.10 bits per heavy atom. The zero-order valence-electron chi connectivity index (χ0n) is 17.3. The molecule has 1 fully saturated rings. The fraction of sp³-hybridized carbons (Fsp3) is 0.455. The minimum absolute atomic E-state index is 0.0213. The van der Waals surface area contributed by atoms with Crippen LogP contribution in [0.5, 0.6) is 0 Å². The highest BCUT2D eigenvalue weighted by Gasteiger charge is 2.29. The Kier molecular flexibility index (Phi) is 6.70. The molecule has 1 aromatic heterocycles. The lowest BCUT2D eigenvalue weighted by Crippen LogP contribution is -2.38. The Balaban J connectivity index is 1.95. The second-order valence-corrected chi connectivity index (χ2v) is 9.80. The zero-order chi connectivity index (χ0) is 21.0. The molecular weight excluding hydrogens is 386 g/mol. The molecule has 0 radical (unpaired) electrons. The summed E-state index contributed by atoms with van der Waals surface area (Å²) in [4.78, 5) is 17.7. The summed E-state index contributed by atoms with van der Waals surface area (Å²) in [6.07, 6.45) is 6.68. The Labute approximate surface area is 173 Å². The smallest absolute Gasteiger partial charge is 0.263 e. The van der Waals surface area contributed by atoms with Crippen LogP contribution in [0.15, 0.2) is 58.5 Å². The summed E-state index contributed by atoms with van der Waals surface area (Å²) in [7, 11) is -2.01. The minimum Gasteiger partial charge on any atom is -0.268 e. The predicted molar refractivity (Wildman–Crippen MR) is 113 cm³/mol. The molecule has 1 aromatic carbocycles. The molecule has 1 saturated carbocycles. The SMILES string of the molecule is CC(C)N=c1ccccn1C(=O)c1cccc(S(=O)(=O)N(C)C2CCCCC2)c1. The van der Waals surface area contributed by atoms with E-state index in [0.717, 1.165) is 32.1 Å². The van der Waals surface area contributed by atoms with Crippen LogP contribution in [-0.4, -0.2) is 42.3 Å². The topological polar surface area (TPSA) is 71.7 Å². The summed E-state index contributed by atoms with van der Waals surface area (Å²) in [6, 6.07) is 11.7. The van der Waals surface area contributed by atoms with Crippen molar-refractivity contribution >= 4 is 15.9 Å². The standard InChI is InChI=1S/C22H29N3O3S/c1-17(2)23-21-14-7-8-15-25(21)22(26)18-10-9-13-20(16-18)29(27,28)24(3)19-11-5-4-6-12-19/h7-10,13-17,19H,4-6,11-12H2,1-3H3. The highest BCUT2D eigenvalue weighted by molar-refractivity contribution is 7.89. The lowest BCUT2D eigenvalue weighted by Gasteiger charge is -2.30. The molecule has 0 N–H and O–H groups in total. The summed E-state index contributed by atoms with van der Waals surface area (Å²) in [5.41, 5.74) is 0.861. The molecule has 156 valence electrons. The van der Waals surface area contributed by atoms with Gasteiger partial charge in [-0.15, -0.1) is 0 Å². The van der Waals surface area contributed by atoms with Crippen LogP contribution >= 0.6 is 0 Å². The van der Waals surface area contributed by atoms with Gasteiger partial charge < -0.3 is 0 Å². The van der Waals surface area contributed by atoms with E-state index in [1.54, 1.807) is 43.6 Å². The molecule has 0 spiro atoms. The van der Waals surface area contributed by atoms with E-state index < -0.39 is 10.0 Å². The fourth-order valence-corrected chi connectivity index (χ4v) is 5.17. The van der Waals surface area contributed by atoms with Crippen LogP contribution < -0.4 is 5.49 Å². The highest BCUT2D eigenvalue weighted by Crippen LogP contribution is 2.26. The van der Waals surface area contributed by atoms with Gasteiger partial charge in [0.05, 0.1) is 4.90 Å². The van der Waals surface area contributed by atoms with Crippen molar-refractivity contribution in [3.8, 4) is 0 Å². The van der Waals surface area contributed by atoms with Crippen molar-refractivity contribution in [1.82, 2.24) is 8.87 Å². The summed E-state index contributed by atoms with van der Waals surface area (Å²) >= 11 is 0. The highest BCUT2D eigenvalue weighted by atomic mass is 32.2. The van der Waals surface area contributed by atoms with Gasteiger partial charge in [0, 0.05) is 30.9 Å². The van der Waals surface area contributed by atoms with Gasteiger partial charge in [-0.05, 0) is 57.0 Å². The van der Waals surface area contributed by atoms with E-state index in [0.29, 0.717) is 11.1 Å². The largest absolute Gasteiger partial charge is 0.268 e. The van der Waals surface area contributed by atoms with Crippen LogP contribution in [0.25, 0.3) is 0 Å². The molecular formula is C22H29N3O3S. The molecule has 29 heavy (non-hydrogen) atoms. The van der Waals surface area contributed by atoms with Crippen molar-refractivity contribution in [3.63, 3.8) is 0 Å². The van der Waals surface area contributed by atoms with Crippen LogP contribution in [0.4, 0.5) is 0 Å². The maximum absolute atomic E-state index is 13.1. The number of benzene rings is 1. The Morgan fingerprint density at radius 3 is 2.52 bits per heavy atom. The van der Waals surface area contributed by atoms with E-state index in [-0.39, 0.29) is 22.9 Å². The third-order valence-corrected chi connectivity index (χ3v) is 7.20. The summed E-state index contributed by atoms with van der Waals surface area (Å²) < 4.78 is 29.2. The van der Waals surface area contributed by atoms with E-state index >= 15 is 0 Å². The number of rotatable bonds is 5. The van der Waals surface area contributed by atoms with E-state index in [2.05, 4.69) is 4.99 Å². The van der Waals surface area contributed by atoms with Crippen molar-refractivity contribution in [1.29, 1.82) is 0 Å². The molecule has 1 heterocycles. The predicted octanol–water partition coefficient (Wildman–Crippen LogP) is 3.44. The van der Waals surface area contributed by atoms with Gasteiger partial charge in [0.15, 0.2) is 0 Å². The molecule has 0 unspecified atom stereocenters. The monoisotopic (exact) mass is 415 g/mol. The van der Waals surface area contributed by atoms with Gasteiger partial charge in [-0.2, -0.15) is 4.31 Å². The average molecular weight is 416 g/mol. The maximum Gasteiger partial charge on any atom is 0.263 e. The Bertz CT molecular complexity index is 1040. The molecule has 0 bridgehead atoms. The first-order valence-electron chi connectivity index (χ1n) is 10.1. The minimum atomic E-state index is -3.66. The molecule has 0 amide bonds. The van der Waals surface area contributed by atoms with E-state index in [1.807, 2.05) is 19.9 Å². The van der Waals surface area contributed by atoms with Crippen molar-refractivity contribution in [2.24, 2.45) is 4.99 Å². The summed E-state index contributed by atoms with van der Waals surface area (Å²) in [6.45, 7) is 3.88. The number of pyridine rings is 1. The van der Waals surface area contributed by atoms with Crippen molar-refractivity contribution in [3.05, 3.63) is 59.7 Å². The number of aromatic nitrogens is 1. The Morgan fingerprint density at radius 2 is 1.83 bits per heavy atom. The van der Waals surface area contributed by atoms with E-state index in [4.69, 9.17) is 0 Å². The van der Waals surface area contributed by atoms with E-state index in [9.17, 15) is 13.2 Å². The first-order chi connectivity index (χ1) is 13.8. The fourth-order valence-electron chi connectivity index (χ4n) is 3.71. The van der Waals surface area contributed by atoms with Crippen molar-refractivity contribution < 1.29 is 13.2 Å². The second kappa shape index (κ2) is 9.05. The van der Waals surface area contributed by atoms with Crippen LogP contribution in [0.1, 0.15) is 56.3 Å². The Hall–Kier alpha value is -2.25. The molecule has 6 nitrogen and oxygen atoms in total. The molecule has 0 atom stereocenters. The number of hydrogen-bond donors (Lipinski definition) is 0. The molecule has 0 aliphatic heterocycles. The molecule has 1 aliphatic rings. The van der Waals surface area contributed by atoms with Gasteiger partial charge in [0.2, 0.25) is 10.0 Å². The summed E-state index contributed by atoms with van der Waals surface area (Å²) in [5.74, 6) is -0.303. The average Bonchev–Trinajstić information content (AvgIpc) is 2.73. The normalized spacial score (nSPS) is 16.5. The van der Waals surface area contributed by atoms with Crippen LogP contribution in [0, 0.1) is 0 Å². The van der Waals surface area contributed by atoms with Gasteiger partial charge in [0.1, 0.15) is 5.49 Å². The molecule has 2 aromatic rings. The number of carbonyl (C=O) groups is 1. The number of hydrogen-bond acceptors (Lipinski definition) is 4. The lowest BCUT2D eigenvalue weighted by atomic mass is 9.96. The lowest BCUT2D eigenvalue weighted by molar-refractivity contribution is 0.0954. The van der Waals surface area contributed by atoms with Crippen LogP contribution in [0.3, 0.4) is 0 Å². The van der Waals surface area contributed by atoms with Crippen molar-refractivity contribution in [2.45, 2.75) is 62.9 Å². The van der Waals surface area contributed by atoms with Crippen LogP contribution in [-0.2, 0) is 10.0 Å². The maximum atomic E-state index is 13.1. The van der Waals surface area contributed by atoms with Gasteiger partial charge in [0.25, 0.3) is 5.91 Å². The van der Waals surface area contributed by atoms with Crippen LogP contribution in [0.2, 0.25) is 0 Å². The summed E-state index contributed by atoms with van der Waals surface area (Å²) in [5, 5.41) is 0. The van der Waals surface area contributed by atoms with Gasteiger partial charge in [-0.25, -0.2) is 8.42 Å². The molecule has 1 aliphatic carbocycles. The molecule has 0 saturated heterocycles.